The zero-order chi connectivity index (χ0) is 28.3. The van der Waals surface area contributed by atoms with E-state index in [1.54, 1.807) is 6.08 Å². The van der Waals surface area contributed by atoms with E-state index >= 15 is 0 Å². The summed E-state index contributed by atoms with van der Waals surface area (Å²) in [7, 11) is -4.33. The molecule has 0 fully saturated rings. The number of phosphoric acid groups is 1. The largest absolute Gasteiger partial charge is 0.472 e. The SMILES string of the molecule is CC/C=C/CC/C=C/CC/C=C/C(O)C(COP(=O)(O)OCCN)NC(=O)CCCCCCCCCCC. The molecule has 0 aromatic rings. The van der Waals surface area contributed by atoms with Gasteiger partial charge in [0.2, 0.25) is 5.91 Å². The standard InChI is InChI=1S/C29H55N2O6P/c1-3-5-7-9-11-13-15-16-18-20-22-28(32)27(26-37-38(34,35)36-25-24-30)31-29(33)23-21-19-17-14-12-10-8-6-4-2/h5,7,13,15,20,22,27-28,32H,3-4,6,8-12,14,16-19,21,23-26,30H2,1-2H3,(H,31,33)(H,34,35)/b7-5+,15-13+,22-20+. The van der Waals surface area contributed by atoms with Crippen LogP contribution in [-0.4, -0.2) is 47.8 Å². The second-order valence-corrected chi connectivity index (χ2v) is 11.0. The molecule has 0 bridgehead atoms. The van der Waals surface area contributed by atoms with E-state index in [4.69, 9.17) is 14.8 Å². The van der Waals surface area contributed by atoms with Crippen LogP contribution in [0.1, 0.15) is 110 Å². The lowest BCUT2D eigenvalue weighted by Gasteiger charge is -2.23. The maximum absolute atomic E-state index is 12.5. The molecule has 222 valence electrons. The van der Waals surface area contributed by atoms with Crippen LogP contribution >= 0.6 is 7.82 Å². The van der Waals surface area contributed by atoms with Crippen LogP contribution in [0.25, 0.3) is 0 Å². The van der Waals surface area contributed by atoms with Crippen LogP contribution in [0.15, 0.2) is 36.5 Å². The van der Waals surface area contributed by atoms with Crippen LogP contribution in [0.4, 0.5) is 0 Å². The smallest absolute Gasteiger partial charge is 0.387 e. The molecule has 0 heterocycles. The highest BCUT2D eigenvalue weighted by Gasteiger charge is 2.26. The first-order chi connectivity index (χ1) is 18.4. The lowest BCUT2D eigenvalue weighted by atomic mass is 10.1. The first-order valence-electron chi connectivity index (χ1n) is 14.6. The van der Waals surface area contributed by atoms with Gasteiger partial charge < -0.3 is 21.1 Å². The van der Waals surface area contributed by atoms with Gasteiger partial charge in [-0.05, 0) is 38.5 Å². The predicted molar refractivity (Wildman–Crippen MR) is 157 cm³/mol. The molecular weight excluding hydrogens is 503 g/mol. The van der Waals surface area contributed by atoms with E-state index in [1.165, 1.54) is 38.5 Å². The normalized spacial score (nSPS) is 15.4. The van der Waals surface area contributed by atoms with Gasteiger partial charge in [-0.1, -0.05) is 102 Å². The maximum Gasteiger partial charge on any atom is 0.472 e. The molecule has 3 atom stereocenters. The Morgan fingerprint density at radius 2 is 1.42 bits per heavy atom. The van der Waals surface area contributed by atoms with E-state index in [1.807, 2.05) is 6.08 Å². The summed E-state index contributed by atoms with van der Waals surface area (Å²) in [5.74, 6) is -0.218. The quantitative estimate of drug-likeness (QED) is 0.0542. The Balaban J connectivity index is 4.59. The first-order valence-corrected chi connectivity index (χ1v) is 16.1. The lowest BCUT2D eigenvalue weighted by molar-refractivity contribution is -0.123. The first kappa shape index (κ1) is 36.7. The molecule has 0 radical (unpaired) electrons. The number of amides is 1. The van der Waals surface area contributed by atoms with Crippen molar-refractivity contribution in [3.63, 3.8) is 0 Å². The van der Waals surface area contributed by atoms with E-state index in [-0.39, 0.29) is 25.7 Å². The van der Waals surface area contributed by atoms with Crippen molar-refractivity contribution >= 4 is 13.7 Å². The summed E-state index contributed by atoms with van der Waals surface area (Å²) >= 11 is 0. The third-order valence-corrected chi connectivity index (χ3v) is 6.94. The molecule has 0 aromatic carbocycles. The molecule has 0 aliphatic heterocycles. The van der Waals surface area contributed by atoms with Gasteiger partial charge in [-0.2, -0.15) is 0 Å². The number of hydrogen-bond donors (Lipinski definition) is 4. The Hall–Kier alpha value is -1.28. The molecular formula is C29H55N2O6P. The fourth-order valence-electron chi connectivity index (χ4n) is 3.76. The molecule has 9 heteroatoms. The number of aliphatic hydroxyl groups excluding tert-OH is 1. The van der Waals surface area contributed by atoms with Crippen LogP contribution in [-0.2, 0) is 18.4 Å². The fourth-order valence-corrected chi connectivity index (χ4v) is 4.52. The van der Waals surface area contributed by atoms with Crippen LogP contribution in [0, 0.1) is 0 Å². The van der Waals surface area contributed by atoms with Crippen LogP contribution in [0.5, 0.6) is 0 Å². The Labute approximate surface area is 231 Å². The monoisotopic (exact) mass is 558 g/mol. The van der Waals surface area contributed by atoms with Crippen LogP contribution in [0.3, 0.4) is 0 Å². The molecule has 0 saturated heterocycles. The van der Waals surface area contributed by atoms with Crippen molar-refractivity contribution in [3.05, 3.63) is 36.5 Å². The predicted octanol–water partition coefficient (Wildman–Crippen LogP) is 6.48. The van der Waals surface area contributed by atoms with Gasteiger partial charge in [0.1, 0.15) is 0 Å². The summed E-state index contributed by atoms with van der Waals surface area (Å²) in [6.07, 6.45) is 26.3. The van der Waals surface area contributed by atoms with Crippen LogP contribution in [0.2, 0.25) is 0 Å². The second-order valence-electron chi connectivity index (χ2n) is 9.56. The van der Waals surface area contributed by atoms with Gasteiger partial charge in [0, 0.05) is 13.0 Å². The van der Waals surface area contributed by atoms with Gasteiger partial charge >= 0.3 is 7.82 Å². The van der Waals surface area contributed by atoms with E-state index in [9.17, 15) is 19.4 Å². The molecule has 0 aliphatic rings. The molecule has 0 aliphatic carbocycles. The Morgan fingerprint density at radius 3 is 2.00 bits per heavy atom. The van der Waals surface area contributed by atoms with E-state index in [0.29, 0.717) is 6.42 Å². The number of carbonyl (C=O) groups excluding carboxylic acids is 1. The number of phosphoric ester groups is 1. The van der Waals surface area contributed by atoms with Crippen LogP contribution < -0.4 is 11.1 Å². The Bertz CT molecular complexity index is 699. The Morgan fingerprint density at radius 1 is 0.868 bits per heavy atom. The minimum absolute atomic E-state index is 0.0715. The molecule has 3 unspecified atom stereocenters. The molecule has 0 saturated carbocycles. The number of rotatable bonds is 26. The van der Waals surface area contributed by atoms with Crippen molar-refractivity contribution in [2.24, 2.45) is 5.73 Å². The summed E-state index contributed by atoms with van der Waals surface area (Å²) in [5, 5.41) is 13.4. The number of allylic oxidation sites excluding steroid dienone is 5. The molecule has 5 N–H and O–H groups in total. The minimum Gasteiger partial charge on any atom is -0.387 e. The van der Waals surface area contributed by atoms with E-state index in [2.05, 4.69) is 43.5 Å². The molecule has 38 heavy (non-hydrogen) atoms. The highest BCUT2D eigenvalue weighted by atomic mass is 31.2. The number of nitrogens with two attached hydrogens (primary N) is 1. The summed E-state index contributed by atoms with van der Waals surface area (Å²) in [6.45, 7) is 3.91. The van der Waals surface area contributed by atoms with Gasteiger partial charge in [0.15, 0.2) is 0 Å². The summed E-state index contributed by atoms with van der Waals surface area (Å²) in [5.41, 5.74) is 5.31. The molecule has 0 aromatic heterocycles. The van der Waals surface area contributed by atoms with E-state index < -0.39 is 20.0 Å². The second kappa shape index (κ2) is 26.0. The maximum atomic E-state index is 12.5. The zero-order valence-electron chi connectivity index (χ0n) is 23.9. The molecule has 0 rings (SSSR count). The highest BCUT2D eigenvalue weighted by Crippen LogP contribution is 2.43. The zero-order valence-corrected chi connectivity index (χ0v) is 24.8. The molecule has 1 amide bonds. The number of unbranched alkanes of at least 4 members (excludes halogenated alkanes) is 10. The van der Waals surface area contributed by atoms with Gasteiger partial charge in [-0.3, -0.25) is 13.8 Å². The fraction of sp³-hybridized carbons (Fsp3) is 0.759. The summed E-state index contributed by atoms with van der Waals surface area (Å²) in [6, 6.07) is -0.875. The van der Waals surface area contributed by atoms with Gasteiger partial charge in [-0.15, -0.1) is 0 Å². The average molecular weight is 559 g/mol. The molecule has 0 spiro atoms. The van der Waals surface area contributed by atoms with Gasteiger partial charge in [0.05, 0.1) is 25.4 Å². The third-order valence-electron chi connectivity index (χ3n) is 5.96. The third kappa shape index (κ3) is 23.8. The Kier molecular flexibility index (Phi) is 25.1. The van der Waals surface area contributed by atoms with Crippen molar-refractivity contribution in [1.82, 2.24) is 5.32 Å². The van der Waals surface area contributed by atoms with Crippen molar-refractivity contribution < 1.29 is 28.4 Å². The molecule has 8 nitrogen and oxygen atoms in total. The van der Waals surface area contributed by atoms with Crippen molar-refractivity contribution in [1.29, 1.82) is 0 Å². The number of hydrogen-bond acceptors (Lipinski definition) is 6. The van der Waals surface area contributed by atoms with E-state index in [0.717, 1.165) is 51.4 Å². The summed E-state index contributed by atoms with van der Waals surface area (Å²) < 4.78 is 21.8. The topological polar surface area (TPSA) is 131 Å². The summed E-state index contributed by atoms with van der Waals surface area (Å²) in [4.78, 5) is 22.3. The van der Waals surface area contributed by atoms with Crippen molar-refractivity contribution in [2.75, 3.05) is 19.8 Å². The number of nitrogens with one attached hydrogen (secondary N) is 1. The minimum atomic E-state index is -4.33. The number of aliphatic hydroxyl groups is 1. The van der Waals surface area contributed by atoms with Gasteiger partial charge in [-0.25, -0.2) is 4.57 Å². The lowest BCUT2D eigenvalue weighted by Crippen LogP contribution is -2.45. The number of carbonyl (C=O) groups is 1. The van der Waals surface area contributed by atoms with Crippen molar-refractivity contribution in [2.45, 2.75) is 122 Å². The van der Waals surface area contributed by atoms with Crippen molar-refractivity contribution in [3.8, 4) is 0 Å². The van der Waals surface area contributed by atoms with Gasteiger partial charge in [0.25, 0.3) is 0 Å². The highest BCUT2D eigenvalue weighted by molar-refractivity contribution is 7.47. The average Bonchev–Trinajstić information content (AvgIpc) is 2.89.